The summed E-state index contributed by atoms with van der Waals surface area (Å²) in [6, 6.07) is 12.3. The maximum Gasteiger partial charge on any atom is 0.258 e. The van der Waals surface area contributed by atoms with Crippen LogP contribution in [0.1, 0.15) is 29.0 Å². The summed E-state index contributed by atoms with van der Waals surface area (Å²) in [5, 5.41) is 16.0. The van der Waals surface area contributed by atoms with Gasteiger partial charge in [-0.3, -0.25) is 14.6 Å². The average molecular weight is 512 g/mol. The summed E-state index contributed by atoms with van der Waals surface area (Å²) >= 11 is 12.4. The van der Waals surface area contributed by atoms with E-state index >= 15 is 0 Å². The normalized spacial score (nSPS) is 18.6. The summed E-state index contributed by atoms with van der Waals surface area (Å²) in [6.45, 7) is 1.51. The molecule has 2 unspecified atom stereocenters. The molecule has 1 aromatic heterocycles. The summed E-state index contributed by atoms with van der Waals surface area (Å²) in [6.07, 6.45) is 0.809. The molecule has 3 heterocycles. The molecule has 35 heavy (non-hydrogen) atoms. The first-order valence-electron chi connectivity index (χ1n) is 10.9. The first-order valence-corrected chi connectivity index (χ1v) is 11.6. The molecule has 2 aliphatic heterocycles. The second kappa shape index (κ2) is 9.49. The van der Waals surface area contributed by atoms with Crippen LogP contribution in [0.15, 0.2) is 41.2 Å². The van der Waals surface area contributed by atoms with Crippen molar-refractivity contribution in [3.05, 3.63) is 73.5 Å². The number of carbonyl (C=O) groups excluding carboxylic acids is 1. The van der Waals surface area contributed by atoms with Gasteiger partial charge in [0, 0.05) is 28.9 Å². The highest BCUT2D eigenvalue weighted by Gasteiger charge is 2.41. The number of hydrogen-bond acceptors (Lipinski definition) is 7. The summed E-state index contributed by atoms with van der Waals surface area (Å²) in [7, 11) is 0. The van der Waals surface area contributed by atoms with Gasteiger partial charge in [0.05, 0.1) is 24.8 Å². The fourth-order valence-corrected chi connectivity index (χ4v) is 4.71. The molecule has 11 heteroatoms. The molecule has 0 radical (unpaired) electrons. The lowest BCUT2D eigenvalue weighted by molar-refractivity contribution is -0.119. The highest BCUT2D eigenvalue weighted by Crippen LogP contribution is 2.41. The van der Waals surface area contributed by atoms with E-state index in [0.717, 1.165) is 12.0 Å². The summed E-state index contributed by atoms with van der Waals surface area (Å²) in [5.41, 5.74) is 0.988. The van der Waals surface area contributed by atoms with Gasteiger partial charge in [-0.1, -0.05) is 35.3 Å². The number of carbonyl (C=O) groups is 1. The first kappa shape index (κ1) is 23.0. The smallest absolute Gasteiger partial charge is 0.258 e. The Morgan fingerprint density at radius 3 is 2.69 bits per heavy atom. The van der Waals surface area contributed by atoms with Crippen molar-refractivity contribution in [3.8, 4) is 17.6 Å². The van der Waals surface area contributed by atoms with Crippen LogP contribution in [0.3, 0.4) is 0 Å². The van der Waals surface area contributed by atoms with Gasteiger partial charge in [-0.25, -0.2) is 0 Å². The van der Waals surface area contributed by atoms with Gasteiger partial charge in [0.15, 0.2) is 11.5 Å². The summed E-state index contributed by atoms with van der Waals surface area (Å²) in [4.78, 5) is 33.0. The SMILES string of the molecule is N#CC1C(=O)Nc2nc(NCc3ccc4c(c3)OCCCO4)[nH]c(=O)c2C1c1ccc(Cl)cc1Cl. The van der Waals surface area contributed by atoms with Gasteiger partial charge in [0.25, 0.3) is 5.56 Å². The number of aromatic nitrogens is 2. The number of nitrogens with one attached hydrogen (secondary N) is 3. The number of fused-ring (bicyclic) bond motifs is 2. The molecule has 5 rings (SSSR count). The summed E-state index contributed by atoms with van der Waals surface area (Å²) < 4.78 is 11.4. The van der Waals surface area contributed by atoms with Crippen molar-refractivity contribution in [1.82, 2.24) is 9.97 Å². The first-order chi connectivity index (χ1) is 16.9. The molecule has 3 aromatic rings. The molecular formula is C24H19Cl2N5O4. The Kier molecular flexibility index (Phi) is 6.24. The monoisotopic (exact) mass is 511 g/mol. The molecule has 2 aliphatic rings. The molecule has 9 nitrogen and oxygen atoms in total. The second-order valence-corrected chi connectivity index (χ2v) is 8.95. The van der Waals surface area contributed by atoms with E-state index in [-0.39, 0.29) is 22.4 Å². The Hall–Kier alpha value is -3.74. The number of rotatable bonds is 4. The van der Waals surface area contributed by atoms with Crippen molar-refractivity contribution < 1.29 is 14.3 Å². The zero-order chi connectivity index (χ0) is 24.5. The van der Waals surface area contributed by atoms with Crippen LogP contribution in [-0.4, -0.2) is 29.1 Å². The third kappa shape index (κ3) is 4.50. The maximum atomic E-state index is 13.2. The predicted molar refractivity (Wildman–Crippen MR) is 130 cm³/mol. The van der Waals surface area contributed by atoms with Crippen LogP contribution in [0, 0.1) is 17.2 Å². The van der Waals surface area contributed by atoms with Crippen molar-refractivity contribution in [2.75, 3.05) is 23.8 Å². The predicted octanol–water partition coefficient (Wildman–Crippen LogP) is 4.07. The van der Waals surface area contributed by atoms with Crippen LogP contribution in [0.5, 0.6) is 11.5 Å². The van der Waals surface area contributed by atoms with Crippen molar-refractivity contribution in [1.29, 1.82) is 5.26 Å². The molecule has 0 bridgehead atoms. The average Bonchev–Trinajstić information content (AvgIpc) is 3.07. The minimum absolute atomic E-state index is 0.0717. The van der Waals surface area contributed by atoms with Crippen molar-refractivity contribution in [2.24, 2.45) is 5.92 Å². The molecule has 0 saturated carbocycles. The summed E-state index contributed by atoms with van der Waals surface area (Å²) in [5.74, 6) is -1.05. The molecule has 3 N–H and O–H groups in total. The molecule has 2 aromatic carbocycles. The highest BCUT2D eigenvalue weighted by atomic mass is 35.5. The Balaban J connectivity index is 1.46. The van der Waals surface area contributed by atoms with Crippen LogP contribution in [0.4, 0.5) is 11.8 Å². The van der Waals surface area contributed by atoms with Gasteiger partial charge in [-0.2, -0.15) is 10.2 Å². The number of hydrogen-bond donors (Lipinski definition) is 3. The van der Waals surface area contributed by atoms with E-state index in [2.05, 4.69) is 20.6 Å². The Labute approximate surface area is 210 Å². The third-order valence-corrected chi connectivity index (χ3v) is 6.39. The molecule has 0 saturated heterocycles. The van der Waals surface area contributed by atoms with Gasteiger partial charge in [0.1, 0.15) is 11.7 Å². The molecule has 0 spiro atoms. The molecule has 1 amide bonds. The van der Waals surface area contributed by atoms with E-state index in [9.17, 15) is 14.9 Å². The third-order valence-electron chi connectivity index (χ3n) is 5.83. The lowest BCUT2D eigenvalue weighted by atomic mass is 9.79. The van der Waals surface area contributed by atoms with E-state index < -0.39 is 23.3 Å². The number of ether oxygens (including phenoxy) is 2. The van der Waals surface area contributed by atoms with Crippen LogP contribution in [0.2, 0.25) is 10.0 Å². The number of nitriles is 1. The highest BCUT2D eigenvalue weighted by molar-refractivity contribution is 6.35. The second-order valence-electron chi connectivity index (χ2n) is 8.10. The zero-order valence-corrected chi connectivity index (χ0v) is 19.7. The van der Waals surface area contributed by atoms with Crippen LogP contribution >= 0.6 is 23.2 Å². The Morgan fingerprint density at radius 1 is 1.11 bits per heavy atom. The van der Waals surface area contributed by atoms with Crippen molar-refractivity contribution in [3.63, 3.8) is 0 Å². The number of anilines is 2. The van der Waals surface area contributed by atoms with E-state index in [0.29, 0.717) is 41.8 Å². The standard InChI is InChI=1S/C24H19Cl2N5O4/c25-13-3-4-14(16(26)9-13)19-15(10-27)22(32)29-21-20(19)23(33)31-24(30-21)28-11-12-2-5-17-18(8-12)35-7-1-6-34-17/h2-5,8-9,15,19H,1,6-7,11H2,(H3,28,29,30,31,32,33). The van der Waals surface area contributed by atoms with E-state index in [1.165, 1.54) is 6.07 Å². The fourth-order valence-electron chi connectivity index (χ4n) is 4.19. The Bertz CT molecular complexity index is 1420. The minimum Gasteiger partial charge on any atom is -0.490 e. The van der Waals surface area contributed by atoms with E-state index in [4.69, 9.17) is 32.7 Å². The van der Waals surface area contributed by atoms with Crippen molar-refractivity contribution in [2.45, 2.75) is 18.9 Å². The van der Waals surface area contributed by atoms with Crippen LogP contribution in [-0.2, 0) is 11.3 Å². The molecule has 0 fully saturated rings. The number of aromatic amines is 1. The van der Waals surface area contributed by atoms with Crippen LogP contribution in [0.25, 0.3) is 0 Å². The maximum absolute atomic E-state index is 13.2. The van der Waals surface area contributed by atoms with Gasteiger partial charge >= 0.3 is 0 Å². The number of H-pyrrole nitrogens is 1. The van der Waals surface area contributed by atoms with Gasteiger partial charge in [0.2, 0.25) is 11.9 Å². The zero-order valence-electron chi connectivity index (χ0n) is 18.2. The quantitative estimate of drug-likeness (QED) is 0.481. The Morgan fingerprint density at radius 2 is 1.91 bits per heavy atom. The molecule has 2 atom stereocenters. The topological polar surface area (TPSA) is 129 Å². The van der Waals surface area contributed by atoms with Gasteiger partial charge in [-0.15, -0.1) is 0 Å². The van der Waals surface area contributed by atoms with E-state index in [1.807, 2.05) is 24.3 Å². The fraction of sp³-hybridized carbons (Fsp3) is 0.250. The van der Waals surface area contributed by atoms with Gasteiger partial charge < -0.3 is 20.1 Å². The molecular weight excluding hydrogens is 493 g/mol. The minimum atomic E-state index is -1.16. The van der Waals surface area contributed by atoms with Crippen LogP contribution < -0.4 is 25.7 Å². The largest absolute Gasteiger partial charge is 0.490 e. The number of amides is 1. The van der Waals surface area contributed by atoms with Crippen molar-refractivity contribution >= 4 is 40.9 Å². The molecule has 178 valence electrons. The van der Waals surface area contributed by atoms with Gasteiger partial charge in [-0.05, 0) is 35.4 Å². The molecule has 0 aliphatic carbocycles. The lowest BCUT2D eigenvalue weighted by Crippen LogP contribution is -2.38. The lowest BCUT2D eigenvalue weighted by Gasteiger charge is -2.29. The number of nitrogens with zero attached hydrogens (tertiary/aromatic N) is 2. The number of halogens is 2. The van der Waals surface area contributed by atoms with E-state index in [1.54, 1.807) is 12.1 Å². The number of benzene rings is 2.